The van der Waals surface area contributed by atoms with E-state index in [-0.39, 0.29) is 0 Å². The number of hydrogen-bond acceptors (Lipinski definition) is 11. The first kappa shape index (κ1) is 18.9. The van der Waals surface area contributed by atoms with Crippen molar-refractivity contribution in [3.8, 4) is 0 Å². The number of rotatable bonds is 4. The molecule has 0 bridgehead atoms. The van der Waals surface area contributed by atoms with Crippen LogP contribution >= 0.6 is 0 Å². The van der Waals surface area contributed by atoms with Crippen LogP contribution in [0.15, 0.2) is 0 Å². The topological polar surface area (TPSA) is 190 Å². The molecule has 0 spiro atoms. The van der Waals surface area contributed by atoms with Crippen LogP contribution in [0.1, 0.15) is 0 Å². The summed E-state index contributed by atoms with van der Waals surface area (Å²) in [6.07, 6.45) is -15.6. The van der Waals surface area contributed by atoms with E-state index in [4.69, 9.17) is 19.3 Å². The summed E-state index contributed by atoms with van der Waals surface area (Å²) < 4.78 is 15.3. The predicted molar refractivity (Wildman–Crippen MR) is 68.6 cm³/mol. The van der Waals surface area contributed by atoms with Crippen LogP contribution in [0.3, 0.4) is 0 Å². The molecule has 10 atom stereocenters. The van der Waals surface area contributed by atoms with Crippen LogP contribution < -0.4 is 0 Å². The molecule has 0 aliphatic carbocycles. The van der Waals surface area contributed by atoms with E-state index in [1.54, 1.807) is 0 Å². The Labute approximate surface area is 130 Å². The molecule has 2 fully saturated rings. The molecule has 136 valence electrons. The Morgan fingerprint density at radius 2 is 1.26 bits per heavy atom. The standard InChI is InChI=1S/C12H22O11/c13-1-3-5(15)6(16)9(19)12(22-3)23-10-4(2-14)21-11(20)8(18)7(10)17/h3-20H,1-2H2/t3-,4-,5+,6-,7-,8+,9+,10+,11+,12-/m0/s1. The third kappa shape index (κ3) is 3.65. The fourth-order valence-electron chi connectivity index (χ4n) is 2.57. The minimum atomic E-state index is -1.74. The van der Waals surface area contributed by atoms with Gasteiger partial charge in [0.2, 0.25) is 0 Å². The van der Waals surface area contributed by atoms with Gasteiger partial charge in [0.1, 0.15) is 48.8 Å². The molecule has 2 aliphatic rings. The Morgan fingerprint density at radius 3 is 1.83 bits per heavy atom. The van der Waals surface area contributed by atoms with Gasteiger partial charge in [-0.15, -0.1) is 0 Å². The molecule has 0 aromatic rings. The summed E-state index contributed by atoms with van der Waals surface area (Å²) in [5.41, 5.74) is 0. The van der Waals surface area contributed by atoms with Gasteiger partial charge < -0.3 is 55.1 Å². The monoisotopic (exact) mass is 342 g/mol. The molecule has 0 radical (unpaired) electrons. The van der Waals surface area contributed by atoms with Crippen LogP contribution in [-0.4, -0.2) is 115 Å². The second-order valence-corrected chi connectivity index (χ2v) is 5.53. The van der Waals surface area contributed by atoms with Gasteiger partial charge in [-0.1, -0.05) is 0 Å². The van der Waals surface area contributed by atoms with Gasteiger partial charge in [-0.05, 0) is 0 Å². The highest BCUT2D eigenvalue weighted by Gasteiger charge is 2.50. The summed E-state index contributed by atoms with van der Waals surface area (Å²) >= 11 is 0. The highest BCUT2D eigenvalue weighted by Crippen LogP contribution is 2.28. The van der Waals surface area contributed by atoms with Gasteiger partial charge in [0.25, 0.3) is 0 Å². The van der Waals surface area contributed by atoms with E-state index in [1.165, 1.54) is 0 Å². The molecule has 2 saturated heterocycles. The van der Waals surface area contributed by atoms with Crippen molar-refractivity contribution in [2.75, 3.05) is 13.2 Å². The van der Waals surface area contributed by atoms with Crippen molar-refractivity contribution in [2.24, 2.45) is 0 Å². The Bertz CT molecular complexity index is 378. The molecule has 2 rings (SSSR count). The molecule has 0 aromatic heterocycles. The second-order valence-electron chi connectivity index (χ2n) is 5.53. The molecule has 0 aromatic carbocycles. The summed E-state index contributed by atoms with van der Waals surface area (Å²) in [4.78, 5) is 0. The first-order valence-electron chi connectivity index (χ1n) is 7.08. The van der Waals surface area contributed by atoms with E-state index in [0.29, 0.717) is 0 Å². The van der Waals surface area contributed by atoms with Crippen LogP contribution in [-0.2, 0) is 14.2 Å². The number of aliphatic hydroxyl groups is 8. The minimum Gasteiger partial charge on any atom is -0.394 e. The lowest BCUT2D eigenvalue weighted by atomic mass is 9.97. The van der Waals surface area contributed by atoms with Crippen LogP contribution in [0.4, 0.5) is 0 Å². The van der Waals surface area contributed by atoms with Crippen LogP contribution in [0.2, 0.25) is 0 Å². The molecule has 2 aliphatic heterocycles. The fraction of sp³-hybridized carbons (Fsp3) is 1.00. The maximum Gasteiger partial charge on any atom is 0.187 e. The molecule has 11 heteroatoms. The number of ether oxygens (including phenoxy) is 3. The summed E-state index contributed by atoms with van der Waals surface area (Å²) in [5, 5.41) is 76.5. The van der Waals surface area contributed by atoms with Gasteiger partial charge in [0, 0.05) is 0 Å². The zero-order valence-electron chi connectivity index (χ0n) is 12.0. The van der Waals surface area contributed by atoms with Gasteiger partial charge in [0.05, 0.1) is 13.2 Å². The Hall–Kier alpha value is -0.440. The summed E-state index contributed by atoms with van der Waals surface area (Å²) in [6.45, 7) is -1.35. The van der Waals surface area contributed by atoms with Crippen molar-refractivity contribution in [1.82, 2.24) is 0 Å². The maximum atomic E-state index is 9.94. The molecule has 2 heterocycles. The largest absolute Gasteiger partial charge is 0.394 e. The fourth-order valence-corrected chi connectivity index (χ4v) is 2.57. The molecule has 23 heavy (non-hydrogen) atoms. The van der Waals surface area contributed by atoms with Crippen molar-refractivity contribution in [3.05, 3.63) is 0 Å². The molecule has 8 N–H and O–H groups in total. The van der Waals surface area contributed by atoms with Crippen molar-refractivity contribution >= 4 is 0 Å². The molecule has 0 unspecified atom stereocenters. The molecule has 11 nitrogen and oxygen atoms in total. The quantitative estimate of drug-likeness (QED) is 0.243. The van der Waals surface area contributed by atoms with Crippen molar-refractivity contribution in [1.29, 1.82) is 0 Å². The Morgan fingerprint density at radius 1 is 0.652 bits per heavy atom. The average molecular weight is 342 g/mol. The first-order chi connectivity index (χ1) is 10.8. The molecular weight excluding hydrogens is 320 g/mol. The van der Waals surface area contributed by atoms with E-state index in [0.717, 1.165) is 0 Å². The van der Waals surface area contributed by atoms with E-state index >= 15 is 0 Å². The van der Waals surface area contributed by atoms with Crippen LogP contribution in [0.25, 0.3) is 0 Å². The van der Waals surface area contributed by atoms with E-state index in [9.17, 15) is 35.7 Å². The van der Waals surface area contributed by atoms with E-state index in [1.807, 2.05) is 0 Å². The van der Waals surface area contributed by atoms with E-state index in [2.05, 4.69) is 0 Å². The molecule has 0 saturated carbocycles. The lowest BCUT2D eigenvalue weighted by Crippen LogP contribution is -2.64. The molecule has 0 amide bonds. The summed E-state index contributed by atoms with van der Waals surface area (Å²) in [6, 6.07) is 0. The van der Waals surface area contributed by atoms with Gasteiger partial charge in [-0.25, -0.2) is 0 Å². The summed E-state index contributed by atoms with van der Waals surface area (Å²) in [7, 11) is 0. The average Bonchev–Trinajstić information content (AvgIpc) is 2.55. The Balaban J connectivity index is 2.11. The number of hydrogen-bond donors (Lipinski definition) is 8. The third-order valence-corrected chi connectivity index (χ3v) is 3.98. The van der Waals surface area contributed by atoms with Crippen molar-refractivity contribution in [3.63, 3.8) is 0 Å². The SMILES string of the molecule is OC[C@@H]1O[C@@H](O[C@H]2[C@@H](O)[C@@H](O)[C@H](O)O[C@H]2CO)[C@H](O)[C@@H](O)[C@@H]1O. The van der Waals surface area contributed by atoms with Crippen molar-refractivity contribution in [2.45, 2.75) is 61.4 Å². The second kappa shape index (κ2) is 7.63. The van der Waals surface area contributed by atoms with Gasteiger partial charge >= 0.3 is 0 Å². The van der Waals surface area contributed by atoms with Crippen LogP contribution in [0, 0.1) is 0 Å². The minimum absolute atomic E-state index is 0.667. The highest BCUT2D eigenvalue weighted by molar-refractivity contribution is 4.93. The zero-order chi connectivity index (χ0) is 17.3. The third-order valence-electron chi connectivity index (χ3n) is 3.98. The predicted octanol–water partition coefficient (Wildman–Crippen LogP) is -5.40. The Kier molecular flexibility index (Phi) is 6.27. The zero-order valence-corrected chi connectivity index (χ0v) is 12.0. The molecular formula is C12H22O11. The highest BCUT2D eigenvalue weighted by atomic mass is 16.7. The van der Waals surface area contributed by atoms with Crippen LogP contribution in [0.5, 0.6) is 0 Å². The lowest BCUT2D eigenvalue weighted by Gasteiger charge is -2.45. The van der Waals surface area contributed by atoms with Gasteiger partial charge in [-0.2, -0.15) is 0 Å². The normalized spacial score (nSPS) is 51.7. The van der Waals surface area contributed by atoms with E-state index < -0.39 is 74.6 Å². The number of aliphatic hydroxyl groups excluding tert-OH is 8. The van der Waals surface area contributed by atoms with Gasteiger partial charge in [0.15, 0.2) is 12.6 Å². The summed E-state index contributed by atoms with van der Waals surface area (Å²) in [5.74, 6) is 0. The first-order valence-corrected chi connectivity index (χ1v) is 7.08. The lowest BCUT2D eigenvalue weighted by molar-refractivity contribution is -0.355. The van der Waals surface area contributed by atoms with Crippen molar-refractivity contribution < 1.29 is 55.1 Å². The van der Waals surface area contributed by atoms with Gasteiger partial charge in [-0.3, -0.25) is 0 Å². The maximum absolute atomic E-state index is 9.94. The smallest absolute Gasteiger partial charge is 0.187 e.